The molecule has 1 atom stereocenters. The summed E-state index contributed by atoms with van der Waals surface area (Å²) in [6.45, 7) is 5.40. The average molecular weight is 486 g/mol. The summed E-state index contributed by atoms with van der Waals surface area (Å²) in [6, 6.07) is 18.7. The van der Waals surface area contributed by atoms with Crippen LogP contribution in [-0.4, -0.2) is 36.6 Å². The largest absolute Gasteiger partial charge is 0.507 e. The fourth-order valence-corrected chi connectivity index (χ4v) is 4.69. The zero-order valence-electron chi connectivity index (χ0n) is 20.2. The van der Waals surface area contributed by atoms with Crippen molar-refractivity contribution in [2.75, 3.05) is 24.7 Å². The summed E-state index contributed by atoms with van der Waals surface area (Å²) in [6.07, 6.45) is 0.722. The normalized spacial score (nSPS) is 18.2. The van der Waals surface area contributed by atoms with Crippen LogP contribution in [0.2, 0.25) is 0 Å². The molecule has 1 unspecified atom stereocenters. The van der Waals surface area contributed by atoms with Crippen LogP contribution in [0.3, 0.4) is 0 Å². The van der Waals surface area contributed by atoms with Crippen LogP contribution in [-0.2, 0) is 16.0 Å². The van der Waals surface area contributed by atoms with Crippen molar-refractivity contribution in [1.82, 2.24) is 0 Å². The first-order valence-corrected chi connectivity index (χ1v) is 12.0. The lowest BCUT2D eigenvalue weighted by molar-refractivity contribution is -0.132. The lowest BCUT2D eigenvalue weighted by Gasteiger charge is -2.26. The van der Waals surface area contributed by atoms with Crippen LogP contribution < -0.4 is 19.1 Å². The predicted molar refractivity (Wildman–Crippen MR) is 136 cm³/mol. The van der Waals surface area contributed by atoms with Crippen LogP contribution in [0.5, 0.6) is 17.2 Å². The number of aliphatic hydroxyl groups is 1. The van der Waals surface area contributed by atoms with E-state index in [-0.39, 0.29) is 11.3 Å². The number of carbonyl (C=O) groups excluding carboxylic acids is 2. The Bertz CT molecular complexity index is 1330. The molecular formula is C29H27NO6. The minimum Gasteiger partial charge on any atom is -0.507 e. The van der Waals surface area contributed by atoms with E-state index in [1.807, 2.05) is 32.0 Å². The summed E-state index contributed by atoms with van der Waals surface area (Å²) in [5, 5.41) is 11.4. The monoisotopic (exact) mass is 485 g/mol. The summed E-state index contributed by atoms with van der Waals surface area (Å²) >= 11 is 0. The Kier molecular flexibility index (Phi) is 6.38. The molecule has 1 saturated heterocycles. The molecule has 2 aliphatic heterocycles. The smallest absolute Gasteiger partial charge is 0.300 e. The molecule has 3 aromatic rings. The van der Waals surface area contributed by atoms with Gasteiger partial charge in [-0.3, -0.25) is 14.5 Å². The van der Waals surface area contributed by atoms with Gasteiger partial charge >= 0.3 is 0 Å². The first-order valence-electron chi connectivity index (χ1n) is 12.0. The minimum absolute atomic E-state index is 0.0388. The van der Waals surface area contributed by atoms with Gasteiger partial charge in [0.25, 0.3) is 11.7 Å². The quantitative estimate of drug-likeness (QED) is 0.287. The van der Waals surface area contributed by atoms with Crippen LogP contribution in [0.15, 0.2) is 72.3 Å². The number of hydrogen-bond donors (Lipinski definition) is 1. The molecule has 184 valence electrons. The van der Waals surface area contributed by atoms with E-state index in [4.69, 9.17) is 14.2 Å². The van der Waals surface area contributed by atoms with Gasteiger partial charge in [0.2, 0.25) is 0 Å². The Balaban J connectivity index is 1.63. The van der Waals surface area contributed by atoms with Crippen molar-refractivity contribution in [3.8, 4) is 17.2 Å². The second kappa shape index (κ2) is 9.77. The molecule has 7 nitrogen and oxygen atoms in total. The second-order valence-corrected chi connectivity index (χ2v) is 8.52. The van der Waals surface area contributed by atoms with Gasteiger partial charge < -0.3 is 19.3 Å². The molecule has 1 N–H and O–H groups in total. The number of nitrogens with zero attached hydrogens (tertiary/aromatic N) is 1. The molecule has 0 aromatic heterocycles. The SMILES string of the molecule is CCOc1ccc(C2/C(=C(/O)c3ccc4c(c3)CCO4)C(=O)C(=O)N2c2ccc(OCC)cc2)cc1. The summed E-state index contributed by atoms with van der Waals surface area (Å²) in [5.74, 6) is 0.453. The molecule has 36 heavy (non-hydrogen) atoms. The Morgan fingerprint density at radius 1 is 0.944 bits per heavy atom. The zero-order valence-corrected chi connectivity index (χ0v) is 20.2. The van der Waals surface area contributed by atoms with Crippen LogP contribution in [0.25, 0.3) is 5.76 Å². The number of aliphatic hydroxyl groups excluding tert-OH is 1. The summed E-state index contributed by atoms with van der Waals surface area (Å²) in [7, 11) is 0. The van der Waals surface area contributed by atoms with Gasteiger partial charge in [-0.15, -0.1) is 0 Å². The van der Waals surface area contributed by atoms with E-state index >= 15 is 0 Å². The number of ketones is 1. The van der Waals surface area contributed by atoms with Gasteiger partial charge in [-0.25, -0.2) is 0 Å². The van der Waals surface area contributed by atoms with Crippen molar-refractivity contribution in [2.24, 2.45) is 0 Å². The highest BCUT2D eigenvalue weighted by molar-refractivity contribution is 6.51. The van der Waals surface area contributed by atoms with E-state index in [1.54, 1.807) is 48.5 Å². The van der Waals surface area contributed by atoms with Gasteiger partial charge in [0.05, 0.1) is 31.4 Å². The van der Waals surface area contributed by atoms with Crippen molar-refractivity contribution in [3.63, 3.8) is 0 Å². The fourth-order valence-electron chi connectivity index (χ4n) is 4.69. The third kappa shape index (κ3) is 4.17. The van der Waals surface area contributed by atoms with E-state index in [0.717, 1.165) is 17.7 Å². The molecule has 2 aliphatic rings. The summed E-state index contributed by atoms with van der Waals surface area (Å²) in [4.78, 5) is 28.2. The maximum Gasteiger partial charge on any atom is 0.300 e. The molecule has 0 saturated carbocycles. The second-order valence-electron chi connectivity index (χ2n) is 8.52. The summed E-state index contributed by atoms with van der Waals surface area (Å²) in [5.41, 5.74) is 2.67. The third-order valence-corrected chi connectivity index (χ3v) is 6.34. The molecule has 0 bridgehead atoms. The van der Waals surface area contributed by atoms with E-state index in [2.05, 4.69) is 0 Å². The van der Waals surface area contributed by atoms with E-state index in [1.165, 1.54) is 4.90 Å². The number of anilines is 1. The first kappa shape index (κ1) is 23.5. The first-order chi connectivity index (χ1) is 17.5. The number of hydrogen-bond acceptors (Lipinski definition) is 6. The van der Waals surface area contributed by atoms with Crippen LogP contribution in [0.1, 0.15) is 36.6 Å². The van der Waals surface area contributed by atoms with E-state index in [9.17, 15) is 14.7 Å². The maximum atomic E-state index is 13.4. The molecule has 1 fully saturated rings. The van der Waals surface area contributed by atoms with Crippen molar-refractivity contribution in [3.05, 3.63) is 89.0 Å². The van der Waals surface area contributed by atoms with Gasteiger partial charge in [-0.05, 0) is 79.6 Å². The molecule has 0 spiro atoms. The number of Topliss-reactive ketones (excluding diaryl/α,β-unsaturated/α-hetero) is 1. The molecular weight excluding hydrogens is 458 g/mol. The maximum absolute atomic E-state index is 13.4. The van der Waals surface area contributed by atoms with Crippen LogP contribution in [0.4, 0.5) is 5.69 Å². The number of amides is 1. The Morgan fingerprint density at radius 3 is 2.22 bits per heavy atom. The topological polar surface area (TPSA) is 85.3 Å². The highest BCUT2D eigenvalue weighted by Gasteiger charge is 2.47. The summed E-state index contributed by atoms with van der Waals surface area (Å²) < 4.78 is 16.7. The van der Waals surface area contributed by atoms with Crippen molar-refractivity contribution in [1.29, 1.82) is 0 Å². The number of ether oxygens (including phenoxy) is 3. The standard InChI is InChI=1S/C29H27NO6/c1-3-34-22-10-5-18(6-11-22)26-25(27(31)20-7-14-24-19(17-20)15-16-36-24)28(32)29(33)30(26)21-8-12-23(13-9-21)35-4-2/h5-14,17,26,31H,3-4,15-16H2,1-2H3/b27-25-. The molecule has 3 aromatic carbocycles. The van der Waals surface area contributed by atoms with Gasteiger partial charge in [0.1, 0.15) is 23.0 Å². The lowest BCUT2D eigenvalue weighted by atomic mass is 9.94. The Hall–Kier alpha value is -4.26. The minimum atomic E-state index is -0.817. The molecule has 5 rings (SSSR count). The number of carbonyl (C=O) groups is 2. The lowest BCUT2D eigenvalue weighted by Crippen LogP contribution is -2.29. The fraction of sp³-hybridized carbons (Fsp3) is 0.241. The molecule has 0 radical (unpaired) electrons. The van der Waals surface area contributed by atoms with Gasteiger partial charge in [-0.2, -0.15) is 0 Å². The third-order valence-electron chi connectivity index (χ3n) is 6.34. The van der Waals surface area contributed by atoms with Crippen molar-refractivity contribution in [2.45, 2.75) is 26.3 Å². The average Bonchev–Trinajstić information content (AvgIpc) is 3.47. The molecule has 0 aliphatic carbocycles. The number of benzene rings is 3. The molecule has 2 heterocycles. The Morgan fingerprint density at radius 2 is 1.58 bits per heavy atom. The van der Waals surface area contributed by atoms with Gasteiger partial charge in [-0.1, -0.05) is 12.1 Å². The number of rotatable bonds is 7. The van der Waals surface area contributed by atoms with Crippen LogP contribution >= 0.6 is 0 Å². The van der Waals surface area contributed by atoms with Crippen molar-refractivity contribution >= 4 is 23.1 Å². The number of fused-ring (bicyclic) bond motifs is 1. The highest BCUT2D eigenvalue weighted by atomic mass is 16.5. The predicted octanol–water partition coefficient (Wildman–Crippen LogP) is 5.05. The molecule has 1 amide bonds. The van der Waals surface area contributed by atoms with E-state index in [0.29, 0.717) is 48.1 Å². The van der Waals surface area contributed by atoms with Crippen molar-refractivity contribution < 1.29 is 28.9 Å². The highest BCUT2D eigenvalue weighted by Crippen LogP contribution is 2.43. The zero-order chi connectivity index (χ0) is 25.2. The Labute approximate surface area is 209 Å². The van der Waals surface area contributed by atoms with Crippen LogP contribution in [0, 0.1) is 0 Å². The van der Waals surface area contributed by atoms with Gasteiger partial charge in [0, 0.05) is 17.7 Å². The van der Waals surface area contributed by atoms with E-state index < -0.39 is 17.7 Å². The van der Waals surface area contributed by atoms with Gasteiger partial charge in [0.15, 0.2) is 0 Å². The molecule has 7 heteroatoms.